The van der Waals surface area contributed by atoms with Crippen molar-refractivity contribution in [1.29, 1.82) is 0 Å². The van der Waals surface area contributed by atoms with Crippen LogP contribution in [0.15, 0.2) is 42.6 Å². The molecule has 0 aliphatic heterocycles. The quantitative estimate of drug-likeness (QED) is 0.896. The molecule has 20 heavy (non-hydrogen) atoms. The lowest BCUT2D eigenvalue weighted by atomic mass is 9.91. The maximum absolute atomic E-state index is 11.3. The zero-order chi connectivity index (χ0) is 13.9. The Balaban J connectivity index is 1.92. The monoisotopic (exact) mass is 268 g/mol. The van der Waals surface area contributed by atoms with Crippen LogP contribution in [0.2, 0.25) is 0 Å². The predicted molar refractivity (Wildman–Crippen MR) is 76.9 cm³/mol. The molecular formula is C16H16N2O2. The van der Waals surface area contributed by atoms with E-state index in [4.69, 9.17) is 0 Å². The number of hydrogen-bond donors (Lipinski definition) is 2. The number of nitrogens with one attached hydrogen (secondary N) is 1. The van der Waals surface area contributed by atoms with E-state index in [-0.39, 0.29) is 6.04 Å². The summed E-state index contributed by atoms with van der Waals surface area (Å²) in [7, 11) is 0. The van der Waals surface area contributed by atoms with Gasteiger partial charge in [0.25, 0.3) is 0 Å². The summed E-state index contributed by atoms with van der Waals surface area (Å²) in [5, 5.41) is 12.6. The maximum Gasteiger partial charge on any atom is 0.337 e. The van der Waals surface area contributed by atoms with Crippen LogP contribution >= 0.6 is 0 Å². The molecule has 1 unspecified atom stereocenters. The number of pyridine rings is 1. The van der Waals surface area contributed by atoms with Gasteiger partial charge in [-0.25, -0.2) is 4.79 Å². The molecular weight excluding hydrogens is 252 g/mol. The molecule has 1 aliphatic carbocycles. The van der Waals surface area contributed by atoms with Gasteiger partial charge in [0.2, 0.25) is 0 Å². The first-order chi connectivity index (χ1) is 9.75. The van der Waals surface area contributed by atoms with Gasteiger partial charge in [-0.3, -0.25) is 4.98 Å². The van der Waals surface area contributed by atoms with Gasteiger partial charge in [0.1, 0.15) is 0 Å². The summed E-state index contributed by atoms with van der Waals surface area (Å²) < 4.78 is 0. The Morgan fingerprint density at radius 2 is 2.10 bits per heavy atom. The van der Waals surface area contributed by atoms with Crippen LogP contribution in [0.5, 0.6) is 0 Å². The van der Waals surface area contributed by atoms with Crippen molar-refractivity contribution in [3.63, 3.8) is 0 Å². The number of hydrogen-bond acceptors (Lipinski definition) is 3. The number of aromatic nitrogens is 1. The number of benzene rings is 1. The van der Waals surface area contributed by atoms with Gasteiger partial charge in [-0.1, -0.05) is 18.2 Å². The Hall–Kier alpha value is -2.36. The first kappa shape index (κ1) is 12.7. The number of rotatable bonds is 3. The standard InChI is InChI=1S/C16H16N2O2/c19-16(20)12-7-1-2-8-13(12)18-14-9-3-5-11-6-4-10-17-15(11)14/h1-2,4,6-8,10,14,18H,3,5,9H2,(H,19,20). The number of nitrogens with zero attached hydrogens (tertiary/aromatic N) is 1. The molecule has 3 rings (SSSR count). The third-order valence-electron chi connectivity index (χ3n) is 3.68. The third-order valence-corrected chi connectivity index (χ3v) is 3.68. The molecule has 0 bridgehead atoms. The number of aryl methyl sites for hydroxylation is 1. The summed E-state index contributed by atoms with van der Waals surface area (Å²) in [4.78, 5) is 15.7. The van der Waals surface area contributed by atoms with E-state index in [1.54, 1.807) is 24.4 Å². The number of anilines is 1. The van der Waals surface area contributed by atoms with Crippen LogP contribution in [0.1, 0.15) is 40.5 Å². The molecule has 0 fully saturated rings. The normalized spacial score (nSPS) is 17.3. The van der Waals surface area contributed by atoms with Gasteiger partial charge in [0.05, 0.1) is 17.3 Å². The van der Waals surface area contributed by atoms with Gasteiger partial charge >= 0.3 is 5.97 Å². The smallest absolute Gasteiger partial charge is 0.337 e. The molecule has 1 heterocycles. The highest BCUT2D eigenvalue weighted by molar-refractivity contribution is 5.94. The van der Waals surface area contributed by atoms with Gasteiger partial charge in [-0.15, -0.1) is 0 Å². The number of para-hydroxylation sites is 1. The average Bonchev–Trinajstić information content (AvgIpc) is 2.48. The number of carboxylic acids is 1. The zero-order valence-corrected chi connectivity index (χ0v) is 11.0. The van der Waals surface area contributed by atoms with Crippen LogP contribution in [0.25, 0.3) is 0 Å². The lowest BCUT2D eigenvalue weighted by Crippen LogP contribution is -2.20. The molecule has 0 radical (unpaired) electrons. The van der Waals surface area contributed by atoms with Crippen molar-refractivity contribution in [2.24, 2.45) is 0 Å². The Morgan fingerprint density at radius 3 is 2.95 bits per heavy atom. The molecule has 1 aromatic heterocycles. The van der Waals surface area contributed by atoms with E-state index < -0.39 is 5.97 Å². The van der Waals surface area contributed by atoms with Crippen molar-refractivity contribution in [2.75, 3.05) is 5.32 Å². The molecule has 0 saturated carbocycles. The minimum atomic E-state index is -0.912. The van der Waals surface area contributed by atoms with E-state index in [1.807, 2.05) is 12.1 Å². The van der Waals surface area contributed by atoms with E-state index in [2.05, 4.69) is 16.4 Å². The predicted octanol–water partition coefficient (Wildman–Crippen LogP) is 3.27. The summed E-state index contributed by atoms with van der Waals surface area (Å²) >= 11 is 0. The van der Waals surface area contributed by atoms with E-state index in [0.29, 0.717) is 11.3 Å². The van der Waals surface area contributed by atoms with Crippen molar-refractivity contribution in [2.45, 2.75) is 25.3 Å². The lowest BCUT2D eigenvalue weighted by molar-refractivity contribution is 0.0698. The Kier molecular flexibility index (Phi) is 3.37. The second-order valence-corrected chi connectivity index (χ2v) is 4.99. The van der Waals surface area contributed by atoms with Crippen molar-refractivity contribution < 1.29 is 9.90 Å². The largest absolute Gasteiger partial charge is 0.478 e. The van der Waals surface area contributed by atoms with Crippen LogP contribution in [-0.4, -0.2) is 16.1 Å². The van der Waals surface area contributed by atoms with Crippen LogP contribution < -0.4 is 5.32 Å². The van der Waals surface area contributed by atoms with Gasteiger partial charge in [0.15, 0.2) is 0 Å². The molecule has 2 N–H and O–H groups in total. The first-order valence-electron chi connectivity index (χ1n) is 6.78. The summed E-state index contributed by atoms with van der Waals surface area (Å²) in [5.41, 5.74) is 3.25. The number of carbonyl (C=O) groups is 1. The number of aromatic carboxylic acids is 1. The van der Waals surface area contributed by atoms with Crippen LogP contribution in [0, 0.1) is 0 Å². The molecule has 4 nitrogen and oxygen atoms in total. The molecule has 1 aliphatic rings. The van der Waals surface area contributed by atoms with Crippen molar-refractivity contribution in [3.8, 4) is 0 Å². The average molecular weight is 268 g/mol. The summed E-state index contributed by atoms with van der Waals surface area (Å²) in [6, 6.07) is 11.1. The second kappa shape index (κ2) is 5.33. The lowest BCUT2D eigenvalue weighted by Gasteiger charge is -2.26. The minimum absolute atomic E-state index is 0.0837. The molecule has 0 amide bonds. The molecule has 1 atom stereocenters. The van der Waals surface area contributed by atoms with Gasteiger partial charge < -0.3 is 10.4 Å². The fourth-order valence-corrected chi connectivity index (χ4v) is 2.73. The van der Waals surface area contributed by atoms with Crippen molar-refractivity contribution in [1.82, 2.24) is 4.98 Å². The Labute approximate surface area is 117 Å². The first-order valence-corrected chi connectivity index (χ1v) is 6.78. The van der Waals surface area contributed by atoms with E-state index in [9.17, 15) is 9.90 Å². The molecule has 102 valence electrons. The number of fused-ring (bicyclic) bond motifs is 1. The molecule has 4 heteroatoms. The van der Waals surface area contributed by atoms with E-state index in [0.717, 1.165) is 25.0 Å². The molecule has 2 aromatic rings. The second-order valence-electron chi connectivity index (χ2n) is 4.99. The van der Waals surface area contributed by atoms with Gasteiger partial charge in [0, 0.05) is 11.9 Å². The third kappa shape index (κ3) is 2.37. The fourth-order valence-electron chi connectivity index (χ4n) is 2.73. The van der Waals surface area contributed by atoms with Crippen molar-refractivity contribution in [3.05, 3.63) is 59.4 Å². The SMILES string of the molecule is O=C(O)c1ccccc1NC1CCCc2cccnc21. The Morgan fingerprint density at radius 1 is 1.25 bits per heavy atom. The van der Waals surface area contributed by atoms with E-state index >= 15 is 0 Å². The van der Waals surface area contributed by atoms with Crippen LogP contribution in [0.3, 0.4) is 0 Å². The van der Waals surface area contributed by atoms with Crippen LogP contribution in [0.4, 0.5) is 5.69 Å². The highest BCUT2D eigenvalue weighted by Gasteiger charge is 2.22. The molecule has 0 saturated heterocycles. The van der Waals surface area contributed by atoms with Crippen molar-refractivity contribution >= 4 is 11.7 Å². The van der Waals surface area contributed by atoms with Crippen LogP contribution in [-0.2, 0) is 6.42 Å². The highest BCUT2D eigenvalue weighted by Crippen LogP contribution is 2.31. The summed E-state index contributed by atoms with van der Waals surface area (Å²) in [6.45, 7) is 0. The highest BCUT2D eigenvalue weighted by atomic mass is 16.4. The zero-order valence-electron chi connectivity index (χ0n) is 11.0. The van der Waals surface area contributed by atoms with Gasteiger partial charge in [-0.05, 0) is 43.0 Å². The topological polar surface area (TPSA) is 62.2 Å². The number of carboxylic acid groups (broad SMARTS) is 1. The summed E-state index contributed by atoms with van der Waals surface area (Å²) in [6.07, 6.45) is 4.90. The summed E-state index contributed by atoms with van der Waals surface area (Å²) in [5.74, 6) is -0.912. The Bertz CT molecular complexity index is 640. The van der Waals surface area contributed by atoms with E-state index in [1.165, 1.54) is 5.56 Å². The minimum Gasteiger partial charge on any atom is -0.478 e. The fraction of sp³-hybridized carbons (Fsp3) is 0.250. The molecule has 0 spiro atoms. The van der Waals surface area contributed by atoms with Gasteiger partial charge in [-0.2, -0.15) is 0 Å². The molecule has 1 aromatic carbocycles. The maximum atomic E-state index is 11.3.